The molecule has 2 atom stereocenters. The quantitative estimate of drug-likeness (QED) is 0.219. The van der Waals surface area contributed by atoms with Crippen LogP contribution in [0.3, 0.4) is 0 Å². The van der Waals surface area contributed by atoms with E-state index in [2.05, 4.69) is 49.0 Å². The van der Waals surface area contributed by atoms with E-state index in [1.54, 1.807) is 6.92 Å². The molecule has 2 unspecified atom stereocenters. The van der Waals surface area contributed by atoms with E-state index in [0.29, 0.717) is 6.17 Å². The normalized spacial score (nSPS) is 21.7. The summed E-state index contributed by atoms with van der Waals surface area (Å²) in [6.07, 6.45) is 24.1. The van der Waals surface area contributed by atoms with E-state index in [9.17, 15) is 4.79 Å². The first-order valence-corrected chi connectivity index (χ1v) is 11.3. The van der Waals surface area contributed by atoms with Crippen molar-refractivity contribution >= 4 is 5.91 Å². The maximum atomic E-state index is 11.1. The Hall–Kier alpha value is -1.29. The monoisotopic (exact) mass is 378 g/mol. The predicted octanol–water partition coefficient (Wildman–Crippen LogP) is 5.23. The lowest BCUT2D eigenvalue weighted by Crippen LogP contribution is -2.55. The van der Waals surface area contributed by atoms with Crippen LogP contribution >= 0.6 is 0 Å². The number of nitrogens with one attached hydrogen (secondary N) is 2. The fraction of sp³-hybridized carbons (Fsp3) is 0.783. The van der Waals surface area contributed by atoms with Crippen molar-refractivity contribution in [3.63, 3.8) is 0 Å². The number of carbonyl (C=O) groups excluding carboxylic acids is 1. The zero-order valence-electron chi connectivity index (χ0n) is 18.1. The maximum Gasteiger partial charge on any atom is 0.217 e. The Morgan fingerprint density at radius 1 is 1.04 bits per heavy atom. The fourth-order valence-electron chi connectivity index (χ4n) is 3.93. The van der Waals surface area contributed by atoms with E-state index >= 15 is 0 Å². The second-order valence-electron chi connectivity index (χ2n) is 7.94. The van der Waals surface area contributed by atoms with E-state index in [4.69, 9.17) is 0 Å². The number of hydrogen-bond acceptors (Lipinski definition) is 2. The molecule has 1 aliphatic rings. The first-order chi connectivity index (χ1) is 13.1. The van der Waals surface area contributed by atoms with Gasteiger partial charge in [-0.2, -0.15) is 0 Å². The van der Waals surface area contributed by atoms with Crippen LogP contribution in [0.4, 0.5) is 0 Å². The van der Waals surface area contributed by atoms with Crippen LogP contribution in [0, 0.1) is 0 Å². The third-order valence-corrected chi connectivity index (χ3v) is 5.76. The lowest BCUT2D eigenvalue weighted by Gasteiger charge is -2.37. The molecule has 0 spiro atoms. The highest BCUT2D eigenvalue weighted by Gasteiger charge is 2.35. The molecule has 1 heterocycles. The topological polar surface area (TPSA) is 41.1 Å². The average molecular weight is 379 g/mol. The number of rotatable bonds is 16. The number of carbonyl (C=O) groups is 1. The fourth-order valence-corrected chi connectivity index (χ4v) is 3.93. The standard InChI is InChI=1S/C23H43N3O/c1-4-6-7-8-9-10-11-12-13-14-15-16-17-23-25-19-21-26(23,5-2)20-18-24-22(3)27/h13-14,19,21,23,25H,4-12,15-18,20H2,1-3H3/p+1/b14-13+. The SMILES string of the molecule is CCCCCCCCC/C=C/CCCC1NC=C[N+]1(CC)CCNC(C)=O. The zero-order chi connectivity index (χ0) is 19.8. The minimum Gasteiger partial charge on any atom is -0.351 e. The summed E-state index contributed by atoms with van der Waals surface area (Å²) in [5.41, 5.74) is 0. The van der Waals surface area contributed by atoms with Gasteiger partial charge in [0.25, 0.3) is 0 Å². The molecule has 4 heteroatoms. The Kier molecular flexibility index (Phi) is 13.0. The van der Waals surface area contributed by atoms with Crippen molar-refractivity contribution in [2.75, 3.05) is 19.6 Å². The van der Waals surface area contributed by atoms with Gasteiger partial charge in [0.15, 0.2) is 6.17 Å². The summed E-state index contributed by atoms with van der Waals surface area (Å²) < 4.78 is 0.933. The van der Waals surface area contributed by atoms with Crippen molar-refractivity contribution < 1.29 is 9.28 Å². The summed E-state index contributed by atoms with van der Waals surface area (Å²) >= 11 is 0. The number of unbranched alkanes of at least 4 members (excludes halogenated alkanes) is 8. The van der Waals surface area contributed by atoms with Crippen LogP contribution < -0.4 is 10.6 Å². The number of nitrogens with zero attached hydrogens (tertiary/aromatic N) is 1. The molecule has 0 aliphatic carbocycles. The molecule has 1 rings (SSSR count). The second kappa shape index (κ2) is 14.7. The van der Waals surface area contributed by atoms with Gasteiger partial charge in [-0.05, 0) is 32.6 Å². The summed E-state index contributed by atoms with van der Waals surface area (Å²) in [6, 6.07) is 0. The van der Waals surface area contributed by atoms with Gasteiger partial charge in [-0.1, -0.05) is 57.6 Å². The van der Waals surface area contributed by atoms with Crippen LogP contribution in [0.1, 0.15) is 91.4 Å². The zero-order valence-corrected chi connectivity index (χ0v) is 18.1. The Morgan fingerprint density at radius 2 is 1.70 bits per heavy atom. The van der Waals surface area contributed by atoms with Gasteiger partial charge in [0, 0.05) is 13.3 Å². The van der Waals surface area contributed by atoms with E-state index < -0.39 is 0 Å². The van der Waals surface area contributed by atoms with Crippen molar-refractivity contribution in [2.24, 2.45) is 0 Å². The van der Waals surface area contributed by atoms with Gasteiger partial charge < -0.3 is 10.6 Å². The summed E-state index contributed by atoms with van der Waals surface area (Å²) in [7, 11) is 0. The van der Waals surface area contributed by atoms with Gasteiger partial charge in [0.2, 0.25) is 5.91 Å². The Bertz CT molecular complexity index is 447. The van der Waals surface area contributed by atoms with E-state index in [-0.39, 0.29) is 5.91 Å². The van der Waals surface area contributed by atoms with Gasteiger partial charge in [0.1, 0.15) is 12.7 Å². The first-order valence-electron chi connectivity index (χ1n) is 11.3. The van der Waals surface area contributed by atoms with Gasteiger partial charge in [-0.15, -0.1) is 0 Å². The first kappa shape index (κ1) is 23.7. The third-order valence-electron chi connectivity index (χ3n) is 5.76. The van der Waals surface area contributed by atoms with Gasteiger partial charge >= 0.3 is 0 Å². The largest absolute Gasteiger partial charge is 0.351 e. The molecule has 2 N–H and O–H groups in total. The minimum absolute atomic E-state index is 0.0584. The number of allylic oxidation sites excluding steroid dienone is 2. The molecule has 0 bridgehead atoms. The Balaban J connectivity index is 2.12. The molecule has 0 aromatic rings. The molecule has 27 heavy (non-hydrogen) atoms. The smallest absolute Gasteiger partial charge is 0.217 e. The summed E-state index contributed by atoms with van der Waals surface area (Å²) in [5.74, 6) is 0.0584. The summed E-state index contributed by atoms with van der Waals surface area (Å²) in [4.78, 5) is 11.1. The number of quaternary nitrogens is 1. The number of likely N-dealkylation sites (N-methyl/N-ethyl adjacent to an activating group) is 1. The third kappa shape index (κ3) is 9.99. The van der Waals surface area contributed by atoms with Crippen LogP contribution in [0.5, 0.6) is 0 Å². The van der Waals surface area contributed by atoms with Crippen LogP contribution in [-0.4, -0.2) is 36.2 Å². The molecule has 0 fully saturated rings. The maximum absolute atomic E-state index is 11.1. The van der Waals surface area contributed by atoms with Gasteiger partial charge in [-0.25, -0.2) is 0 Å². The highest BCUT2D eigenvalue weighted by Crippen LogP contribution is 2.22. The molecule has 1 amide bonds. The van der Waals surface area contributed by atoms with Crippen LogP contribution in [0.25, 0.3) is 0 Å². The molecule has 0 radical (unpaired) electrons. The number of hydrogen-bond donors (Lipinski definition) is 2. The highest BCUT2D eigenvalue weighted by molar-refractivity contribution is 5.72. The molecule has 1 aliphatic heterocycles. The van der Waals surface area contributed by atoms with Crippen molar-refractivity contribution in [1.29, 1.82) is 0 Å². The van der Waals surface area contributed by atoms with E-state index in [1.807, 2.05) is 0 Å². The second-order valence-corrected chi connectivity index (χ2v) is 7.94. The van der Waals surface area contributed by atoms with E-state index in [1.165, 1.54) is 70.6 Å². The Labute approximate surface area is 168 Å². The van der Waals surface area contributed by atoms with Crippen molar-refractivity contribution in [2.45, 2.75) is 97.6 Å². The van der Waals surface area contributed by atoms with Crippen molar-refractivity contribution in [1.82, 2.24) is 10.6 Å². The average Bonchev–Trinajstić information content (AvgIpc) is 3.05. The van der Waals surface area contributed by atoms with Crippen LogP contribution in [-0.2, 0) is 4.79 Å². The lowest BCUT2D eigenvalue weighted by atomic mass is 10.1. The van der Waals surface area contributed by atoms with Gasteiger partial charge in [0.05, 0.1) is 19.3 Å². The minimum atomic E-state index is 0.0584. The highest BCUT2D eigenvalue weighted by atomic mass is 16.1. The van der Waals surface area contributed by atoms with Crippen LogP contribution in [0.15, 0.2) is 24.6 Å². The molecule has 0 saturated heterocycles. The molecular weight excluding hydrogens is 334 g/mol. The predicted molar refractivity (Wildman–Crippen MR) is 116 cm³/mol. The summed E-state index contributed by atoms with van der Waals surface area (Å²) in [5, 5.41) is 6.47. The van der Waals surface area contributed by atoms with E-state index in [0.717, 1.165) is 24.1 Å². The summed E-state index contributed by atoms with van der Waals surface area (Å²) in [6.45, 7) is 8.85. The molecule has 0 saturated carbocycles. The molecule has 156 valence electrons. The molecule has 4 nitrogen and oxygen atoms in total. The lowest BCUT2D eigenvalue weighted by molar-refractivity contribution is -0.898. The Morgan fingerprint density at radius 3 is 2.37 bits per heavy atom. The molecule has 0 aromatic heterocycles. The van der Waals surface area contributed by atoms with Gasteiger partial charge in [-0.3, -0.25) is 9.28 Å². The number of amides is 1. The molecule has 0 aromatic carbocycles. The molecular formula is C23H44N3O+. The van der Waals surface area contributed by atoms with Crippen molar-refractivity contribution in [3.8, 4) is 0 Å². The van der Waals surface area contributed by atoms with Crippen molar-refractivity contribution in [3.05, 3.63) is 24.6 Å². The van der Waals surface area contributed by atoms with Crippen LogP contribution in [0.2, 0.25) is 0 Å².